The van der Waals surface area contributed by atoms with Gasteiger partial charge in [0, 0.05) is 42.1 Å². The quantitative estimate of drug-likeness (QED) is 0.688. The van der Waals surface area contributed by atoms with E-state index < -0.39 is 0 Å². The van der Waals surface area contributed by atoms with E-state index in [4.69, 9.17) is 4.74 Å². The highest BCUT2D eigenvalue weighted by Gasteiger charge is 2.25. The maximum absolute atomic E-state index is 5.60. The van der Waals surface area contributed by atoms with Crippen LogP contribution in [-0.2, 0) is 6.54 Å². The van der Waals surface area contributed by atoms with E-state index in [9.17, 15) is 0 Å². The Morgan fingerprint density at radius 1 is 1.07 bits per heavy atom. The van der Waals surface area contributed by atoms with Gasteiger partial charge in [-0.2, -0.15) is 0 Å². The molecule has 1 aliphatic heterocycles. The second-order valence-electron chi connectivity index (χ2n) is 7.13. The minimum atomic E-state index is 0.326. The Balaban J connectivity index is 1.53. The van der Waals surface area contributed by atoms with Gasteiger partial charge in [0.2, 0.25) is 0 Å². The highest BCUT2D eigenvalue weighted by molar-refractivity contribution is 5.64. The second-order valence-corrected chi connectivity index (χ2v) is 7.13. The summed E-state index contributed by atoms with van der Waals surface area (Å²) >= 11 is 0. The summed E-state index contributed by atoms with van der Waals surface area (Å²) < 4.78 is 5.60. The normalized spacial score (nSPS) is 19.3. The maximum Gasteiger partial charge on any atom is 0.123 e. The van der Waals surface area contributed by atoms with Crippen molar-refractivity contribution in [1.29, 1.82) is 0 Å². The first kappa shape index (κ1) is 18.6. The molecule has 1 aromatic heterocycles. The summed E-state index contributed by atoms with van der Waals surface area (Å²) in [7, 11) is 1.72. The molecule has 2 N–H and O–H groups in total. The SMILES string of the molecule is COc1ccc(-c2cncnc2)cc1CN[C@H]1CCCN[C@H]1c1ccccc1. The van der Waals surface area contributed by atoms with Crippen LogP contribution in [0.25, 0.3) is 11.1 Å². The lowest BCUT2D eigenvalue weighted by atomic mass is 9.92. The van der Waals surface area contributed by atoms with Crippen molar-refractivity contribution in [3.05, 3.63) is 78.4 Å². The highest BCUT2D eigenvalue weighted by atomic mass is 16.5. The predicted octanol–water partition coefficient (Wildman–Crippen LogP) is 3.74. The fourth-order valence-corrected chi connectivity index (χ4v) is 3.90. The summed E-state index contributed by atoms with van der Waals surface area (Å²) in [5.41, 5.74) is 4.58. The van der Waals surface area contributed by atoms with Gasteiger partial charge in [-0.3, -0.25) is 0 Å². The minimum absolute atomic E-state index is 0.326. The van der Waals surface area contributed by atoms with Gasteiger partial charge in [-0.1, -0.05) is 36.4 Å². The van der Waals surface area contributed by atoms with Gasteiger partial charge >= 0.3 is 0 Å². The van der Waals surface area contributed by atoms with E-state index in [1.165, 1.54) is 12.0 Å². The summed E-state index contributed by atoms with van der Waals surface area (Å²) in [6.07, 6.45) is 7.56. The molecule has 28 heavy (non-hydrogen) atoms. The highest BCUT2D eigenvalue weighted by Crippen LogP contribution is 2.28. The number of hydrogen-bond donors (Lipinski definition) is 2. The molecule has 1 saturated heterocycles. The molecule has 2 atom stereocenters. The van der Waals surface area contributed by atoms with Crippen molar-refractivity contribution in [2.75, 3.05) is 13.7 Å². The summed E-state index contributed by atoms with van der Waals surface area (Å²) in [5, 5.41) is 7.44. The zero-order valence-electron chi connectivity index (χ0n) is 16.1. The number of rotatable bonds is 6. The van der Waals surface area contributed by atoms with E-state index >= 15 is 0 Å². The van der Waals surface area contributed by atoms with Crippen molar-refractivity contribution in [3.8, 4) is 16.9 Å². The number of methoxy groups -OCH3 is 1. The van der Waals surface area contributed by atoms with E-state index in [0.29, 0.717) is 12.1 Å². The Morgan fingerprint density at radius 3 is 2.68 bits per heavy atom. The monoisotopic (exact) mass is 374 g/mol. The van der Waals surface area contributed by atoms with Crippen LogP contribution < -0.4 is 15.4 Å². The van der Waals surface area contributed by atoms with Gasteiger partial charge in [0.25, 0.3) is 0 Å². The molecule has 3 aromatic rings. The van der Waals surface area contributed by atoms with Crippen LogP contribution in [-0.4, -0.2) is 29.7 Å². The van der Waals surface area contributed by atoms with Gasteiger partial charge in [-0.25, -0.2) is 9.97 Å². The Kier molecular flexibility index (Phi) is 5.95. The molecule has 1 fully saturated rings. The summed E-state index contributed by atoms with van der Waals surface area (Å²) in [6.45, 7) is 1.81. The molecular formula is C23H26N4O. The summed E-state index contributed by atoms with van der Waals surface area (Å²) in [4.78, 5) is 8.26. The Morgan fingerprint density at radius 2 is 1.89 bits per heavy atom. The fourth-order valence-electron chi connectivity index (χ4n) is 3.90. The molecule has 5 heteroatoms. The first-order valence-corrected chi connectivity index (χ1v) is 9.79. The summed E-state index contributed by atoms with van der Waals surface area (Å²) in [5.74, 6) is 0.896. The zero-order chi connectivity index (χ0) is 19.2. The van der Waals surface area contributed by atoms with Crippen molar-refractivity contribution in [1.82, 2.24) is 20.6 Å². The number of piperidine rings is 1. The van der Waals surface area contributed by atoms with Crippen molar-refractivity contribution in [2.24, 2.45) is 0 Å². The van der Waals surface area contributed by atoms with Gasteiger partial charge in [0.15, 0.2) is 0 Å². The molecule has 0 aliphatic carbocycles. The van der Waals surface area contributed by atoms with Gasteiger partial charge in [0.05, 0.1) is 7.11 Å². The van der Waals surface area contributed by atoms with E-state index in [0.717, 1.165) is 42.0 Å². The molecule has 0 bridgehead atoms. The topological polar surface area (TPSA) is 59.1 Å². The third-order valence-electron chi connectivity index (χ3n) is 5.35. The maximum atomic E-state index is 5.60. The van der Waals surface area contributed by atoms with Gasteiger partial charge in [0.1, 0.15) is 12.1 Å². The Hall–Kier alpha value is -2.76. The Bertz CT molecular complexity index is 886. The van der Waals surface area contributed by atoms with Crippen LogP contribution in [0.1, 0.15) is 30.0 Å². The smallest absolute Gasteiger partial charge is 0.123 e. The second kappa shape index (κ2) is 8.95. The predicted molar refractivity (Wildman–Crippen MR) is 111 cm³/mol. The molecule has 2 aromatic carbocycles. The third kappa shape index (κ3) is 4.21. The molecule has 0 saturated carbocycles. The minimum Gasteiger partial charge on any atom is -0.496 e. The van der Waals surface area contributed by atoms with Crippen molar-refractivity contribution >= 4 is 0 Å². The largest absolute Gasteiger partial charge is 0.496 e. The molecule has 0 amide bonds. The van der Waals surface area contributed by atoms with Gasteiger partial charge in [-0.15, -0.1) is 0 Å². The molecule has 0 spiro atoms. The van der Waals surface area contributed by atoms with Gasteiger partial charge < -0.3 is 15.4 Å². The van der Waals surface area contributed by atoms with E-state index in [1.807, 2.05) is 18.5 Å². The van der Waals surface area contributed by atoms with Crippen molar-refractivity contribution in [3.63, 3.8) is 0 Å². The standard InChI is InChI=1S/C23H26N4O/c1-28-22-10-9-18(20-13-24-16-25-14-20)12-19(22)15-27-21-8-5-11-26-23(21)17-6-3-2-4-7-17/h2-4,6-7,9-10,12-14,16,21,23,26-27H,5,8,11,15H2,1H3/t21-,23-/m0/s1. The zero-order valence-corrected chi connectivity index (χ0v) is 16.1. The molecule has 2 heterocycles. The Labute approximate surface area is 166 Å². The lowest BCUT2D eigenvalue weighted by molar-refractivity contribution is 0.303. The number of benzene rings is 2. The van der Waals surface area contributed by atoms with Crippen LogP contribution in [0, 0.1) is 0 Å². The number of hydrogen-bond acceptors (Lipinski definition) is 5. The van der Waals surface area contributed by atoms with Crippen LogP contribution in [0.5, 0.6) is 5.75 Å². The van der Waals surface area contributed by atoms with E-state index in [2.05, 4.69) is 63.1 Å². The average molecular weight is 374 g/mol. The lowest BCUT2D eigenvalue weighted by Crippen LogP contribution is -2.45. The van der Waals surface area contributed by atoms with Crippen LogP contribution >= 0.6 is 0 Å². The number of nitrogens with one attached hydrogen (secondary N) is 2. The van der Waals surface area contributed by atoms with E-state index in [-0.39, 0.29) is 0 Å². The fraction of sp³-hybridized carbons (Fsp3) is 0.304. The molecule has 4 rings (SSSR count). The van der Waals surface area contributed by atoms with E-state index in [1.54, 1.807) is 13.4 Å². The first-order valence-electron chi connectivity index (χ1n) is 9.79. The lowest BCUT2D eigenvalue weighted by Gasteiger charge is -2.34. The molecule has 0 unspecified atom stereocenters. The molecule has 5 nitrogen and oxygen atoms in total. The first-order chi connectivity index (χ1) is 13.8. The van der Waals surface area contributed by atoms with Crippen LogP contribution in [0.2, 0.25) is 0 Å². The van der Waals surface area contributed by atoms with Crippen molar-refractivity contribution in [2.45, 2.75) is 31.5 Å². The number of nitrogens with zero attached hydrogens (tertiary/aromatic N) is 2. The molecule has 0 radical (unpaired) electrons. The number of aromatic nitrogens is 2. The van der Waals surface area contributed by atoms with Crippen LogP contribution in [0.15, 0.2) is 67.3 Å². The van der Waals surface area contributed by atoms with Crippen molar-refractivity contribution < 1.29 is 4.74 Å². The average Bonchev–Trinajstić information content (AvgIpc) is 2.79. The molecule has 1 aliphatic rings. The van der Waals surface area contributed by atoms with Crippen LogP contribution in [0.4, 0.5) is 0 Å². The number of ether oxygens (including phenoxy) is 1. The summed E-state index contributed by atoms with van der Waals surface area (Å²) in [6, 6.07) is 17.6. The molecular weight excluding hydrogens is 348 g/mol. The van der Waals surface area contributed by atoms with Gasteiger partial charge in [-0.05, 0) is 42.6 Å². The molecule has 144 valence electrons. The van der Waals surface area contributed by atoms with Crippen LogP contribution in [0.3, 0.4) is 0 Å². The third-order valence-corrected chi connectivity index (χ3v) is 5.35.